The number of imidazole rings is 1. The first kappa shape index (κ1) is 18.3. The molecule has 0 aliphatic heterocycles. The van der Waals surface area contributed by atoms with Gasteiger partial charge < -0.3 is 9.84 Å². The average molecular weight is 413 g/mol. The first-order chi connectivity index (χ1) is 14.4. The van der Waals surface area contributed by atoms with Crippen molar-refractivity contribution in [1.82, 2.24) is 19.5 Å². The van der Waals surface area contributed by atoms with Gasteiger partial charge in [0.05, 0.1) is 12.1 Å². The van der Waals surface area contributed by atoms with Crippen LogP contribution in [-0.2, 0) is 0 Å². The molecule has 0 spiro atoms. The van der Waals surface area contributed by atoms with Gasteiger partial charge >= 0.3 is 0 Å². The number of anilines is 1. The number of pyridine rings is 1. The van der Waals surface area contributed by atoms with Crippen LogP contribution >= 0.6 is 0 Å². The third kappa shape index (κ3) is 3.10. The SMILES string of the molecule is Cc1c(F)cc(-c2noc([C@H]3C[C@@H]3F)n2)cc1NC(=O)c1cnc2cc(F)ccn12. The molecule has 0 saturated heterocycles. The smallest absolute Gasteiger partial charge is 0.274 e. The number of hydrogen-bond acceptors (Lipinski definition) is 5. The minimum atomic E-state index is -0.998. The summed E-state index contributed by atoms with van der Waals surface area (Å²) in [5.74, 6) is -1.76. The van der Waals surface area contributed by atoms with Gasteiger partial charge in [-0.05, 0) is 31.5 Å². The molecule has 7 nitrogen and oxygen atoms in total. The number of benzene rings is 1. The second-order valence-electron chi connectivity index (χ2n) is 7.12. The van der Waals surface area contributed by atoms with Gasteiger partial charge in [-0.2, -0.15) is 4.98 Å². The molecule has 1 saturated carbocycles. The second kappa shape index (κ2) is 6.68. The molecule has 1 N–H and O–H groups in total. The summed E-state index contributed by atoms with van der Waals surface area (Å²) in [6.07, 6.45) is 2.01. The topological polar surface area (TPSA) is 85.3 Å². The molecule has 10 heteroatoms. The van der Waals surface area contributed by atoms with Crippen LogP contribution in [0, 0.1) is 18.6 Å². The van der Waals surface area contributed by atoms with Crippen LogP contribution in [0.2, 0.25) is 0 Å². The van der Waals surface area contributed by atoms with Gasteiger partial charge in [0.2, 0.25) is 11.7 Å². The van der Waals surface area contributed by atoms with Gasteiger partial charge in [-0.1, -0.05) is 5.16 Å². The molecule has 1 aliphatic rings. The van der Waals surface area contributed by atoms with E-state index in [4.69, 9.17) is 4.52 Å². The lowest BCUT2D eigenvalue weighted by molar-refractivity contribution is 0.102. The lowest BCUT2D eigenvalue weighted by Crippen LogP contribution is -2.15. The first-order valence-electron chi connectivity index (χ1n) is 9.13. The molecule has 4 aromatic rings. The highest BCUT2D eigenvalue weighted by atomic mass is 19.1. The zero-order valence-corrected chi connectivity index (χ0v) is 15.6. The van der Waals surface area contributed by atoms with Crippen molar-refractivity contribution in [3.63, 3.8) is 0 Å². The summed E-state index contributed by atoms with van der Waals surface area (Å²) < 4.78 is 47.5. The highest BCUT2D eigenvalue weighted by Crippen LogP contribution is 2.43. The maximum atomic E-state index is 14.5. The van der Waals surface area contributed by atoms with Crippen molar-refractivity contribution in [2.24, 2.45) is 0 Å². The lowest BCUT2D eigenvalue weighted by atomic mass is 10.1. The normalized spacial score (nSPS) is 18.0. The van der Waals surface area contributed by atoms with Crippen LogP contribution in [0.3, 0.4) is 0 Å². The zero-order chi connectivity index (χ0) is 21.0. The molecular formula is C20H14F3N5O2. The number of alkyl halides is 1. The van der Waals surface area contributed by atoms with Gasteiger partial charge in [-0.3, -0.25) is 9.20 Å². The Labute approximate surface area is 167 Å². The minimum absolute atomic E-state index is 0.101. The summed E-state index contributed by atoms with van der Waals surface area (Å²) >= 11 is 0. The lowest BCUT2D eigenvalue weighted by Gasteiger charge is -2.10. The standard InChI is InChI=1S/C20H14F3N5O2/c1-9-13(22)4-10(18-26-20(30-27-18)12-7-14(12)23)5-15(9)25-19(29)16-8-24-17-6-11(21)2-3-28(16)17/h2-6,8,12,14H,7H2,1H3,(H,25,29)/t12-,14-/m0/s1. The Morgan fingerprint density at radius 2 is 2.10 bits per heavy atom. The zero-order valence-electron chi connectivity index (χ0n) is 15.6. The van der Waals surface area contributed by atoms with E-state index in [1.165, 1.54) is 48.0 Å². The summed E-state index contributed by atoms with van der Waals surface area (Å²) in [4.78, 5) is 20.9. The van der Waals surface area contributed by atoms with Crippen molar-refractivity contribution in [2.75, 3.05) is 5.32 Å². The number of nitrogens with one attached hydrogen (secondary N) is 1. The Morgan fingerprint density at radius 3 is 2.87 bits per heavy atom. The first-order valence-corrected chi connectivity index (χ1v) is 9.13. The van der Waals surface area contributed by atoms with Crippen LogP contribution < -0.4 is 5.32 Å². The van der Waals surface area contributed by atoms with E-state index >= 15 is 0 Å². The van der Waals surface area contributed by atoms with Crippen LogP contribution in [0.1, 0.15) is 34.3 Å². The number of carbonyl (C=O) groups excluding carboxylic acids is 1. The summed E-state index contributed by atoms with van der Waals surface area (Å²) in [5.41, 5.74) is 1.11. The number of carbonyl (C=O) groups is 1. The molecule has 1 amide bonds. The highest BCUT2D eigenvalue weighted by Gasteiger charge is 2.43. The van der Waals surface area contributed by atoms with Crippen molar-refractivity contribution in [3.05, 3.63) is 65.4 Å². The van der Waals surface area contributed by atoms with E-state index in [1.54, 1.807) is 0 Å². The second-order valence-corrected chi connectivity index (χ2v) is 7.12. The Morgan fingerprint density at radius 1 is 1.30 bits per heavy atom. The molecule has 30 heavy (non-hydrogen) atoms. The number of rotatable bonds is 4. The summed E-state index contributed by atoms with van der Waals surface area (Å²) in [7, 11) is 0. The third-order valence-corrected chi connectivity index (χ3v) is 5.03. The van der Waals surface area contributed by atoms with Crippen LogP contribution in [0.4, 0.5) is 18.9 Å². The third-order valence-electron chi connectivity index (χ3n) is 5.03. The molecule has 1 aliphatic carbocycles. The highest BCUT2D eigenvalue weighted by molar-refractivity contribution is 6.04. The van der Waals surface area contributed by atoms with Crippen molar-refractivity contribution >= 4 is 17.2 Å². The Hall–Kier alpha value is -3.69. The maximum absolute atomic E-state index is 14.5. The molecule has 2 atom stereocenters. The van der Waals surface area contributed by atoms with E-state index in [0.717, 1.165) is 0 Å². The molecule has 0 unspecified atom stereocenters. The fourth-order valence-corrected chi connectivity index (χ4v) is 3.17. The van der Waals surface area contributed by atoms with E-state index in [2.05, 4.69) is 20.4 Å². The summed E-state index contributed by atoms with van der Waals surface area (Å²) in [5, 5.41) is 6.43. The van der Waals surface area contributed by atoms with Gasteiger partial charge in [0.15, 0.2) is 0 Å². The molecule has 0 radical (unpaired) electrons. The number of nitrogens with zero attached hydrogens (tertiary/aromatic N) is 4. The number of fused-ring (bicyclic) bond motifs is 1. The van der Waals surface area contributed by atoms with Crippen molar-refractivity contribution < 1.29 is 22.5 Å². The Bertz CT molecular complexity index is 1300. The monoisotopic (exact) mass is 413 g/mol. The van der Waals surface area contributed by atoms with Crippen molar-refractivity contribution in [3.8, 4) is 11.4 Å². The molecule has 3 aromatic heterocycles. The van der Waals surface area contributed by atoms with Gasteiger partial charge in [-0.25, -0.2) is 18.2 Å². The molecule has 5 rings (SSSR count). The Balaban J connectivity index is 1.46. The predicted molar refractivity (Wildman–Crippen MR) is 99.8 cm³/mol. The van der Waals surface area contributed by atoms with Gasteiger partial charge in [0.1, 0.15) is 29.1 Å². The van der Waals surface area contributed by atoms with E-state index < -0.39 is 29.6 Å². The Kier molecular flexibility index (Phi) is 4.09. The summed E-state index contributed by atoms with van der Waals surface area (Å²) in [6.45, 7) is 1.51. The molecule has 0 bridgehead atoms. The quantitative estimate of drug-likeness (QED) is 0.546. The molecular weight excluding hydrogens is 399 g/mol. The van der Waals surface area contributed by atoms with Gasteiger partial charge in [-0.15, -0.1) is 0 Å². The number of amides is 1. The minimum Gasteiger partial charge on any atom is -0.339 e. The van der Waals surface area contributed by atoms with Crippen LogP contribution in [0.15, 0.2) is 41.2 Å². The number of halogens is 3. The van der Waals surface area contributed by atoms with Crippen LogP contribution in [0.25, 0.3) is 17.0 Å². The average Bonchev–Trinajstić information content (AvgIpc) is 3.11. The van der Waals surface area contributed by atoms with E-state index in [1.807, 2.05) is 0 Å². The summed E-state index contributed by atoms with van der Waals surface area (Å²) in [6, 6.07) is 5.12. The molecule has 1 fully saturated rings. The fourth-order valence-electron chi connectivity index (χ4n) is 3.17. The van der Waals surface area contributed by atoms with E-state index in [-0.39, 0.29) is 39.9 Å². The van der Waals surface area contributed by atoms with Crippen molar-refractivity contribution in [2.45, 2.75) is 25.4 Å². The fraction of sp³-hybridized carbons (Fsp3) is 0.200. The van der Waals surface area contributed by atoms with Gasteiger partial charge in [0.25, 0.3) is 5.91 Å². The molecule has 3 heterocycles. The number of aromatic nitrogens is 4. The predicted octanol–water partition coefficient (Wildman–Crippen LogP) is 4.05. The largest absolute Gasteiger partial charge is 0.339 e. The molecule has 1 aromatic carbocycles. The van der Waals surface area contributed by atoms with Gasteiger partial charge in [0, 0.05) is 29.1 Å². The maximum Gasteiger partial charge on any atom is 0.274 e. The van der Waals surface area contributed by atoms with Crippen LogP contribution in [-0.4, -0.2) is 31.6 Å². The van der Waals surface area contributed by atoms with Crippen molar-refractivity contribution in [1.29, 1.82) is 0 Å². The number of hydrogen-bond donors (Lipinski definition) is 1. The molecule has 152 valence electrons. The van der Waals surface area contributed by atoms with E-state index in [9.17, 15) is 18.0 Å². The van der Waals surface area contributed by atoms with E-state index in [0.29, 0.717) is 6.42 Å². The van der Waals surface area contributed by atoms with Crippen LogP contribution in [0.5, 0.6) is 0 Å².